The first kappa shape index (κ1) is 19.6. The number of hydrogen-bond acceptors (Lipinski definition) is 4. The summed E-state index contributed by atoms with van der Waals surface area (Å²) in [6.45, 7) is 0.641. The second-order valence-corrected chi connectivity index (χ2v) is 7.46. The Labute approximate surface area is 178 Å². The van der Waals surface area contributed by atoms with Crippen LogP contribution >= 0.6 is 11.3 Å². The summed E-state index contributed by atoms with van der Waals surface area (Å²) in [6.07, 6.45) is 0. The van der Waals surface area contributed by atoms with Gasteiger partial charge >= 0.3 is 0 Å². The quantitative estimate of drug-likeness (QED) is 0.451. The molecule has 7 heteroatoms. The first-order valence-electron chi connectivity index (χ1n) is 9.53. The zero-order chi connectivity index (χ0) is 20.8. The van der Waals surface area contributed by atoms with E-state index in [9.17, 15) is 9.59 Å². The van der Waals surface area contributed by atoms with Crippen molar-refractivity contribution in [2.75, 3.05) is 13.1 Å². The molecule has 30 heavy (non-hydrogen) atoms. The average Bonchev–Trinajstić information content (AvgIpc) is 3.48. The van der Waals surface area contributed by atoms with Crippen molar-refractivity contribution in [3.05, 3.63) is 95.5 Å². The fraction of sp³-hybridized carbons (Fsp3) is 0.0870. The second kappa shape index (κ2) is 9.19. The van der Waals surface area contributed by atoms with Gasteiger partial charge in [-0.3, -0.25) is 9.59 Å². The van der Waals surface area contributed by atoms with Crippen LogP contribution in [-0.2, 0) is 0 Å². The molecular formula is C23H20N4O2S. The minimum atomic E-state index is -0.247. The van der Waals surface area contributed by atoms with Crippen molar-refractivity contribution >= 4 is 23.2 Å². The van der Waals surface area contributed by atoms with Crippen LogP contribution in [0.25, 0.3) is 16.3 Å². The average molecular weight is 417 g/mol. The number of aromatic nitrogens is 2. The van der Waals surface area contributed by atoms with Crippen LogP contribution in [0.2, 0.25) is 0 Å². The predicted octanol–water partition coefficient (Wildman–Crippen LogP) is 3.76. The van der Waals surface area contributed by atoms with Gasteiger partial charge < -0.3 is 10.6 Å². The summed E-state index contributed by atoms with van der Waals surface area (Å²) < 4.78 is 1.65. The molecule has 4 rings (SSSR count). The van der Waals surface area contributed by atoms with Crippen LogP contribution in [0.3, 0.4) is 0 Å². The van der Waals surface area contributed by atoms with Gasteiger partial charge in [-0.15, -0.1) is 11.3 Å². The van der Waals surface area contributed by atoms with Gasteiger partial charge in [-0.1, -0.05) is 42.5 Å². The Kier molecular flexibility index (Phi) is 6.01. The zero-order valence-electron chi connectivity index (χ0n) is 16.1. The molecule has 0 radical (unpaired) electrons. The number of carbonyl (C=O) groups is 2. The van der Waals surface area contributed by atoms with Gasteiger partial charge in [0.1, 0.15) is 11.4 Å². The molecule has 4 aromatic rings. The summed E-state index contributed by atoms with van der Waals surface area (Å²) in [6, 6.07) is 24.2. The van der Waals surface area contributed by atoms with Crippen LogP contribution < -0.4 is 10.6 Å². The maximum atomic E-state index is 12.9. The van der Waals surface area contributed by atoms with E-state index in [2.05, 4.69) is 15.7 Å². The molecule has 0 spiro atoms. The number of rotatable bonds is 7. The van der Waals surface area contributed by atoms with Gasteiger partial charge in [-0.05, 0) is 41.8 Å². The van der Waals surface area contributed by atoms with E-state index in [4.69, 9.17) is 0 Å². The first-order valence-corrected chi connectivity index (χ1v) is 10.4. The standard InChI is InChI=1S/C23H20N4O2S/c28-22(17-8-3-1-4-9-17)24-13-14-25-23(29)20-16-19(21-12-7-15-30-21)26-27(20)18-10-5-2-6-11-18/h1-12,15-16H,13-14H2,(H,24,28)(H,25,29). The second-order valence-electron chi connectivity index (χ2n) is 6.52. The van der Waals surface area contributed by atoms with Gasteiger partial charge in [-0.2, -0.15) is 5.10 Å². The van der Waals surface area contributed by atoms with Crippen molar-refractivity contribution < 1.29 is 9.59 Å². The lowest BCUT2D eigenvalue weighted by Gasteiger charge is -2.09. The number of para-hydroxylation sites is 1. The molecule has 0 saturated heterocycles. The lowest BCUT2D eigenvalue weighted by atomic mass is 10.2. The summed E-state index contributed by atoms with van der Waals surface area (Å²) in [7, 11) is 0. The Morgan fingerprint density at radius 1 is 0.833 bits per heavy atom. The normalized spacial score (nSPS) is 10.5. The van der Waals surface area contributed by atoms with Crippen LogP contribution in [0, 0.1) is 0 Å². The number of carbonyl (C=O) groups excluding carboxylic acids is 2. The third-order valence-electron chi connectivity index (χ3n) is 4.45. The van der Waals surface area contributed by atoms with E-state index >= 15 is 0 Å². The molecule has 0 bridgehead atoms. The van der Waals surface area contributed by atoms with Crippen LogP contribution in [0.1, 0.15) is 20.8 Å². The molecule has 0 aliphatic carbocycles. The Hall–Kier alpha value is -3.71. The Morgan fingerprint density at radius 3 is 2.17 bits per heavy atom. The van der Waals surface area contributed by atoms with Crippen LogP contribution in [0.4, 0.5) is 0 Å². The van der Waals surface area contributed by atoms with Crippen molar-refractivity contribution in [3.63, 3.8) is 0 Å². The van der Waals surface area contributed by atoms with Gasteiger partial charge in [0.05, 0.1) is 10.6 Å². The molecule has 0 saturated carbocycles. The smallest absolute Gasteiger partial charge is 0.270 e. The van der Waals surface area contributed by atoms with E-state index in [1.54, 1.807) is 34.2 Å². The van der Waals surface area contributed by atoms with Crippen LogP contribution in [-0.4, -0.2) is 34.7 Å². The number of nitrogens with one attached hydrogen (secondary N) is 2. The molecule has 0 unspecified atom stereocenters. The van der Waals surface area contributed by atoms with Gasteiger partial charge in [0.2, 0.25) is 0 Å². The monoisotopic (exact) mass is 416 g/mol. The molecule has 2 aromatic heterocycles. The van der Waals surface area contributed by atoms with Crippen molar-refractivity contribution in [2.24, 2.45) is 0 Å². The summed E-state index contributed by atoms with van der Waals surface area (Å²) in [5, 5.41) is 12.3. The van der Waals surface area contributed by atoms with E-state index in [0.29, 0.717) is 24.3 Å². The number of benzene rings is 2. The van der Waals surface area contributed by atoms with Crippen molar-refractivity contribution in [2.45, 2.75) is 0 Å². The number of amides is 2. The third kappa shape index (κ3) is 4.47. The van der Waals surface area contributed by atoms with Gasteiger partial charge in [0.15, 0.2) is 0 Å². The highest BCUT2D eigenvalue weighted by Crippen LogP contribution is 2.25. The highest BCUT2D eigenvalue weighted by Gasteiger charge is 2.17. The lowest BCUT2D eigenvalue weighted by Crippen LogP contribution is -2.35. The van der Waals surface area contributed by atoms with Gasteiger partial charge in [0, 0.05) is 18.7 Å². The fourth-order valence-corrected chi connectivity index (χ4v) is 3.67. The van der Waals surface area contributed by atoms with E-state index in [1.807, 2.05) is 66.0 Å². The molecule has 0 atom stereocenters. The number of thiophene rings is 1. The zero-order valence-corrected chi connectivity index (χ0v) is 16.9. The van der Waals surface area contributed by atoms with Crippen LogP contribution in [0.5, 0.6) is 0 Å². The van der Waals surface area contributed by atoms with Crippen molar-refractivity contribution in [1.29, 1.82) is 0 Å². The summed E-state index contributed by atoms with van der Waals surface area (Å²) in [5.74, 6) is -0.415. The molecule has 0 aliphatic rings. The summed E-state index contributed by atoms with van der Waals surface area (Å²) >= 11 is 1.57. The summed E-state index contributed by atoms with van der Waals surface area (Å²) in [5.41, 5.74) is 2.59. The SMILES string of the molecule is O=C(NCCNC(=O)c1cc(-c2cccs2)nn1-c1ccccc1)c1ccccc1. The maximum absolute atomic E-state index is 12.9. The molecule has 0 aliphatic heterocycles. The van der Waals surface area contributed by atoms with Crippen molar-refractivity contribution in [1.82, 2.24) is 20.4 Å². The topological polar surface area (TPSA) is 76.0 Å². The molecular weight excluding hydrogens is 396 g/mol. The van der Waals surface area contributed by atoms with Crippen molar-refractivity contribution in [3.8, 4) is 16.3 Å². The molecule has 2 heterocycles. The van der Waals surface area contributed by atoms with Crippen LogP contribution in [0.15, 0.2) is 84.2 Å². The van der Waals surface area contributed by atoms with E-state index in [0.717, 1.165) is 16.3 Å². The maximum Gasteiger partial charge on any atom is 0.270 e. The molecule has 2 aromatic carbocycles. The predicted molar refractivity (Wildman–Crippen MR) is 118 cm³/mol. The summed E-state index contributed by atoms with van der Waals surface area (Å²) in [4.78, 5) is 25.9. The van der Waals surface area contributed by atoms with E-state index in [1.165, 1.54) is 0 Å². The largest absolute Gasteiger partial charge is 0.350 e. The molecule has 150 valence electrons. The number of nitrogens with zero attached hydrogens (tertiary/aromatic N) is 2. The highest BCUT2D eigenvalue weighted by molar-refractivity contribution is 7.13. The Balaban J connectivity index is 1.44. The van der Waals surface area contributed by atoms with E-state index in [-0.39, 0.29) is 11.8 Å². The number of hydrogen-bond donors (Lipinski definition) is 2. The third-order valence-corrected chi connectivity index (χ3v) is 5.34. The fourth-order valence-electron chi connectivity index (χ4n) is 2.99. The van der Waals surface area contributed by atoms with E-state index < -0.39 is 0 Å². The lowest BCUT2D eigenvalue weighted by molar-refractivity contribution is 0.0923. The minimum absolute atomic E-state index is 0.167. The Morgan fingerprint density at radius 2 is 1.50 bits per heavy atom. The Bertz CT molecular complexity index is 1120. The molecule has 2 N–H and O–H groups in total. The molecule has 2 amide bonds. The minimum Gasteiger partial charge on any atom is -0.350 e. The van der Waals surface area contributed by atoms with Gasteiger partial charge in [0.25, 0.3) is 11.8 Å². The first-order chi connectivity index (χ1) is 14.7. The van der Waals surface area contributed by atoms with Gasteiger partial charge in [-0.25, -0.2) is 4.68 Å². The molecule has 0 fully saturated rings. The molecule has 6 nitrogen and oxygen atoms in total. The highest BCUT2D eigenvalue weighted by atomic mass is 32.1.